The minimum absolute atomic E-state index is 0.109. The Kier molecular flexibility index (Phi) is 6.00. The van der Waals surface area contributed by atoms with Crippen LogP contribution in [0.25, 0.3) is 0 Å². The summed E-state index contributed by atoms with van der Waals surface area (Å²) in [6.45, 7) is 5.75. The van der Waals surface area contributed by atoms with Crippen molar-refractivity contribution in [1.82, 2.24) is 15.1 Å². The Morgan fingerprint density at radius 3 is 2.86 bits per heavy atom. The van der Waals surface area contributed by atoms with Crippen LogP contribution in [-0.2, 0) is 6.54 Å². The third kappa shape index (κ3) is 4.34. The van der Waals surface area contributed by atoms with Crippen LogP contribution in [-0.4, -0.2) is 28.8 Å². The summed E-state index contributed by atoms with van der Waals surface area (Å²) in [5.74, 6) is 0.510. The van der Waals surface area contributed by atoms with E-state index in [0.717, 1.165) is 23.1 Å². The molecular weight excluding hydrogens is 346 g/mol. The molecule has 1 amide bonds. The minimum atomic E-state index is -0.109. The summed E-state index contributed by atoms with van der Waals surface area (Å²) in [6, 6.07) is 7.28. The molecule has 0 radical (unpaired) electrons. The van der Waals surface area contributed by atoms with E-state index < -0.39 is 0 Å². The second-order valence-electron chi connectivity index (χ2n) is 4.86. The first-order valence-corrected chi connectivity index (χ1v) is 8.10. The normalized spacial score (nSPS) is 10.5. The highest BCUT2D eigenvalue weighted by Gasteiger charge is 2.11. The van der Waals surface area contributed by atoms with Gasteiger partial charge in [-0.15, -0.1) is 0 Å². The summed E-state index contributed by atoms with van der Waals surface area (Å²) in [6.07, 6.45) is 2.76. The number of nitrogens with zero attached hydrogens (tertiary/aromatic N) is 2. The zero-order valence-corrected chi connectivity index (χ0v) is 14.4. The average Bonchev–Trinajstić information content (AvgIpc) is 2.83. The number of halogens is 1. The number of carbonyl (C=O) groups excluding carboxylic acids is 1. The van der Waals surface area contributed by atoms with Crippen molar-refractivity contribution >= 4 is 21.8 Å². The molecular formula is C16H20BrN3O2. The van der Waals surface area contributed by atoms with E-state index in [4.69, 9.17) is 4.74 Å². The van der Waals surface area contributed by atoms with Crippen LogP contribution in [0.4, 0.5) is 0 Å². The molecule has 0 spiro atoms. The molecule has 118 valence electrons. The highest BCUT2D eigenvalue weighted by Crippen LogP contribution is 2.17. The number of aromatic nitrogens is 2. The fourth-order valence-corrected chi connectivity index (χ4v) is 2.40. The molecule has 0 bridgehead atoms. The molecule has 1 N–H and O–H groups in total. The quantitative estimate of drug-likeness (QED) is 0.766. The zero-order valence-electron chi connectivity index (χ0n) is 12.8. The highest BCUT2D eigenvalue weighted by atomic mass is 79.9. The monoisotopic (exact) mass is 365 g/mol. The average molecular weight is 366 g/mol. The van der Waals surface area contributed by atoms with Gasteiger partial charge in [0.25, 0.3) is 5.91 Å². The molecule has 0 aliphatic heterocycles. The lowest BCUT2D eigenvalue weighted by molar-refractivity contribution is 0.0949. The van der Waals surface area contributed by atoms with Gasteiger partial charge in [0.05, 0.1) is 22.3 Å². The molecule has 0 fully saturated rings. The third-order valence-corrected chi connectivity index (χ3v) is 3.95. The number of hydrogen-bond acceptors (Lipinski definition) is 3. The van der Waals surface area contributed by atoms with Gasteiger partial charge in [0.15, 0.2) is 0 Å². The van der Waals surface area contributed by atoms with E-state index in [9.17, 15) is 4.79 Å². The Balaban J connectivity index is 1.83. The van der Waals surface area contributed by atoms with E-state index >= 15 is 0 Å². The van der Waals surface area contributed by atoms with Crippen LogP contribution in [0.3, 0.4) is 0 Å². The lowest BCUT2D eigenvalue weighted by atomic mass is 10.2. The van der Waals surface area contributed by atoms with E-state index in [1.807, 2.05) is 42.9 Å². The Morgan fingerprint density at radius 1 is 1.41 bits per heavy atom. The second kappa shape index (κ2) is 7.98. The minimum Gasteiger partial charge on any atom is -0.493 e. The molecule has 1 heterocycles. The van der Waals surface area contributed by atoms with Gasteiger partial charge in [-0.25, -0.2) is 0 Å². The molecule has 0 aliphatic rings. The number of benzene rings is 1. The van der Waals surface area contributed by atoms with E-state index in [0.29, 0.717) is 24.5 Å². The largest absolute Gasteiger partial charge is 0.493 e. The number of rotatable bonds is 7. The number of carbonyl (C=O) groups is 1. The standard InChI is InChI=1S/C16H20BrN3O2/c1-3-22-15-8-5-4-7-13(15)16(21)18-9-6-10-20-11-14(17)12(2)19-20/h4-5,7-8,11H,3,6,9-10H2,1-2H3,(H,18,21). The lowest BCUT2D eigenvalue weighted by Gasteiger charge is -2.10. The fraction of sp³-hybridized carbons (Fsp3) is 0.375. The molecule has 22 heavy (non-hydrogen) atoms. The van der Waals surface area contributed by atoms with Gasteiger partial charge in [-0.1, -0.05) is 12.1 Å². The van der Waals surface area contributed by atoms with Crippen molar-refractivity contribution in [3.8, 4) is 5.75 Å². The molecule has 0 atom stereocenters. The molecule has 2 aromatic rings. The van der Waals surface area contributed by atoms with Gasteiger partial charge < -0.3 is 10.1 Å². The van der Waals surface area contributed by atoms with Gasteiger partial charge in [0.1, 0.15) is 5.75 Å². The zero-order chi connectivity index (χ0) is 15.9. The highest BCUT2D eigenvalue weighted by molar-refractivity contribution is 9.10. The molecule has 1 aromatic carbocycles. The van der Waals surface area contributed by atoms with E-state index in [2.05, 4.69) is 26.3 Å². The first-order chi connectivity index (χ1) is 10.6. The van der Waals surface area contributed by atoms with Gasteiger partial charge >= 0.3 is 0 Å². The predicted molar refractivity (Wildman–Crippen MR) is 89.2 cm³/mol. The van der Waals surface area contributed by atoms with Gasteiger partial charge in [0, 0.05) is 19.3 Å². The number of nitrogens with one attached hydrogen (secondary N) is 1. The number of ether oxygens (including phenoxy) is 1. The maximum Gasteiger partial charge on any atom is 0.255 e. The Labute approximate surface area is 138 Å². The smallest absolute Gasteiger partial charge is 0.255 e. The predicted octanol–water partition coefficient (Wildman–Crippen LogP) is 3.17. The van der Waals surface area contributed by atoms with Crippen molar-refractivity contribution < 1.29 is 9.53 Å². The Morgan fingerprint density at radius 2 is 2.18 bits per heavy atom. The molecule has 0 unspecified atom stereocenters. The van der Waals surface area contributed by atoms with Gasteiger partial charge in [-0.05, 0) is 48.3 Å². The van der Waals surface area contributed by atoms with Crippen molar-refractivity contribution in [3.05, 3.63) is 46.2 Å². The maximum atomic E-state index is 12.2. The molecule has 6 heteroatoms. The van der Waals surface area contributed by atoms with Crippen LogP contribution >= 0.6 is 15.9 Å². The molecule has 2 rings (SSSR count). The number of hydrogen-bond donors (Lipinski definition) is 1. The van der Waals surface area contributed by atoms with Gasteiger partial charge in [-0.2, -0.15) is 5.10 Å². The third-order valence-electron chi connectivity index (χ3n) is 3.17. The maximum absolute atomic E-state index is 12.2. The SMILES string of the molecule is CCOc1ccccc1C(=O)NCCCn1cc(Br)c(C)n1. The first-order valence-electron chi connectivity index (χ1n) is 7.31. The Hall–Kier alpha value is -1.82. The molecule has 0 saturated heterocycles. The van der Waals surface area contributed by atoms with E-state index in [-0.39, 0.29) is 5.91 Å². The lowest BCUT2D eigenvalue weighted by Crippen LogP contribution is -2.25. The van der Waals surface area contributed by atoms with E-state index in [1.54, 1.807) is 6.07 Å². The van der Waals surface area contributed by atoms with Gasteiger partial charge in [0.2, 0.25) is 0 Å². The second-order valence-corrected chi connectivity index (χ2v) is 5.72. The molecule has 5 nitrogen and oxygen atoms in total. The van der Waals surface area contributed by atoms with Crippen LogP contribution in [0.1, 0.15) is 29.4 Å². The molecule has 0 aliphatic carbocycles. The Bertz CT molecular complexity index is 621. The van der Waals surface area contributed by atoms with E-state index in [1.165, 1.54) is 0 Å². The first kappa shape index (κ1) is 16.5. The van der Waals surface area contributed by atoms with Crippen molar-refractivity contribution in [2.75, 3.05) is 13.2 Å². The summed E-state index contributed by atoms with van der Waals surface area (Å²) in [5.41, 5.74) is 1.54. The topological polar surface area (TPSA) is 56.1 Å². The number of para-hydroxylation sites is 1. The van der Waals surface area contributed by atoms with Crippen molar-refractivity contribution in [2.45, 2.75) is 26.8 Å². The molecule has 0 saturated carbocycles. The van der Waals surface area contributed by atoms with Crippen LogP contribution < -0.4 is 10.1 Å². The number of aryl methyl sites for hydroxylation is 2. The molecule has 1 aromatic heterocycles. The van der Waals surface area contributed by atoms with Crippen LogP contribution in [0.5, 0.6) is 5.75 Å². The van der Waals surface area contributed by atoms with Gasteiger partial charge in [-0.3, -0.25) is 9.48 Å². The summed E-state index contributed by atoms with van der Waals surface area (Å²) in [5, 5.41) is 7.28. The van der Waals surface area contributed by atoms with Crippen molar-refractivity contribution in [3.63, 3.8) is 0 Å². The summed E-state index contributed by atoms with van der Waals surface area (Å²) >= 11 is 3.43. The fourth-order valence-electron chi connectivity index (χ4n) is 2.08. The van der Waals surface area contributed by atoms with Crippen molar-refractivity contribution in [1.29, 1.82) is 0 Å². The van der Waals surface area contributed by atoms with Crippen LogP contribution in [0.2, 0.25) is 0 Å². The van der Waals surface area contributed by atoms with Crippen LogP contribution in [0.15, 0.2) is 34.9 Å². The number of amides is 1. The van der Waals surface area contributed by atoms with Crippen molar-refractivity contribution in [2.24, 2.45) is 0 Å². The van der Waals surface area contributed by atoms with Crippen LogP contribution in [0, 0.1) is 6.92 Å². The summed E-state index contributed by atoms with van der Waals surface area (Å²) in [7, 11) is 0. The summed E-state index contributed by atoms with van der Waals surface area (Å²) in [4.78, 5) is 12.2. The summed E-state index contributed by atoms with van der Waals surface area (Å²) < 4.78 is 8.35.